The summed E-state index contributed by atoms with van der Waals surface area (Å²) < 4.78 is 40.6. The second-order valence-corrected chi connectivity index (χ2v) is 7.94. The zero-order valence-corrected chi connectivity index (χ0v) is 16.9. The van der Waals surface area contributed by atoms with E-state index >= 15 is 0 Å². The van der Waals surface area contributed by atoms with Crippen LogP contribution in [0.1, 0.15) is 70.6 Å². The Balaban J connectivity index is 2.18. The number of carboxylic acids is 1. The summed E-state index contributed by atoms with van der Waals surface area (Å²) in [7, 11) is 0. The Labute approximate surface area is 171 Å². The molecule has 1 aliphatic carbocycles. The summed E-state index contributed by atoms with van der Waals surface area (Å²) in [4.78, 5) is 11.9. The van der Waals surface area contributed by atoms with Crippen molar-refractivity contribution in [1.29, 1.82) is 5.26 Å². The summed E-state index contributed by atoms with van der Waals surface area (Å²) in [6.45, 7) is 4.53. The lowest BCUT2D eigenvalue weighted by Crippen LogP contribution is -2.37. The minimum absolute atomic E-state index is 0.101. The van der Waals surface area contributed by atoms with Crippen molar-refractivity contribution in [2.24, 2.45) is 5.92 Å². The first-order valence-corrected chi connectivity index (χ1v) is 10.4. The van der Waals surface area contributed by atoms with E-state index in [4.69, 9.17) is 14.7 Å². The number of nitriles is 1. The molecule has 29 heavy (non-hydrogen) atoms. The van der Waals surface area contributed by atoms with Gasteiger partial charge in [-0.15, -0.1) is 6.58 Å². The smallest absolute Gasteiger partial charge is 0.331 e. The molecule has 0 aromatic carbocycles. The van der Waals surface area contributed by atoms with Crippen LogP contribution in [-0.4, -0.2) is 36.0 Å². The zero-order chi connectivity index (χ0) is 21.3. The number of allylic oxidation sites excluding steroid dienone is 2. The van der Waals surface area contributed by atoms with Gasteiger partial charge in [0, 0.05) is 37.7 Å². The van der Waals surface area contributed by atoms with Crippen LogP contribution >= 0.6 is 0 Å². The Morgan fingerprint density at radius 1 is 1.34 bits per heavy atom. The number of ether oxygens (including phenoxy) is 2. The molecular weight excluding hydrogens is 380 g/mol. The summed E-state index contributed by atoms with van der Waals surface area (Å²) in [5.74, 6) is -5.38. The standard InChI is InChI=1S/C22H31F2NO4/c1-2-3-5-8-17(15-21(23,24)10-6-4-7-12-25)18-9-11-22(28-13-14-29-22)16-19(18)20(26)27/h2,17H,1,3-11,13-16H2,(H,26,27). The molecule has 0 radical (unpaired) electrons. The van der Waals surface area contributed by atoms with Crippen LogP contribution in [0.3, 0.4) is 0 Å². The lowest BCUT2D eigenvalue weighted by atomic mass is 9.76. The molecule has 2 rings (SSSR count). The van der Waals surface area contributed by atoms with Gasteiger partial charge in [-0.2, -0.15) is 5.26 Å². The van der Waals surface area contributed by atoms with Crippen molar-refractivity contribution in [3.8, 4) is 6.07 Å². The van der Waals surface area contributed by atoms with Crippen molar-refractivity contribution in [3.63, 3.8) is 0 Å². The number of carbonyl (C=O) groups is 1. The molecule has 1 fully saturated rings. The topological polar surface area (TPSA) is 79.6 Å². The van der Waals surface area contributed by atoms with Crippen LogP contribution in [0.5, 0.6) is 0 Å². The number of hydrogen-bond acceptors (Lipinski definition) is 4. The van der Waals surface area contributed by atoms with E-state index in [9.17, 15) is 18.7 Å². The molecule has 162 valence electrons. The highest BCUT2D eigenvalue weighted by molar-refractivity contribution is 5.88. The maximum atomic E-state index is 14.7. The van der Waals surface area contributed by atoms with Crippen LogP contribution < -0.4 is 0 Å². The normalized spacial score (nSPS) is 19.9. The number of rotatable bonds is 12. The Morgan fingerprint density at radius 2 is 2.07 bits per heavy atom. The third-order valence-electron chi connectivity index (χ3n) is 5.76. The van der Waals surface area contributed by atoms with Crippen LogP contribution in [0.2, 0.25) is 0 Å². The largest absolute Gasteiger partial charge is 0.478 e. The SMILES string of the molecule is C=CCCCC(CC(F)(F)CCCCC#N)C1=C(C(=O)O)CC2(CC1)OCCO2. The molecule has 0 aromatic rings. The van der Waals surface area contributed by atoms with E-state index in [-0.39, 0.29) is 37.7 Å². The van der Waals surface area contributed by atoms with Gasteiger partial charge in [0.05, 0.1) is 19.3 Å². The third-order valence-corrected chi connectivity index (χ3v) is 5.76. The van der Waals surface area contributed by atoms with E-state index < -0.39 is 23.6 Å². The maximum Gasteiger partial charge on any atom is 0.331 e. The fourth-order valence-corrected chi connectivity index (χ4v) is 4.31. The molecule has 2 aliphatic rings. The maximum absolute atomic E-state index is 14.7. The highest BCUT2D eigenvalue weighted by Crippen LogP contribution is 2.45. The summed E-state index contributed by atoms with van der Waals surface area (Å²) in [6, 6.07) is 1.97. The minimum Gasteiger partial charge on any atom is -0.478 e. The van der Waals surface area contributed by atoms with Gasteiger partial charge in [0.2, 0.25) is 5.92 Å². The van der Waals surface area contributed by atoms with E-state index in [1.54, 1.807) is 6.08 Å². The van der Waals surface area contributed by atoms with Gasteiger partial charge < -0.3 is 14.6 Å². The van der Waals surface area contributed by atoms with Crippen LogP contribution in [0.25, 0.3) is 0 Å². The summed E-state index contributed by atoms with van der Waals surface area (Å²) in [6.07, 6.45) is 5.00. The molecule has 0 saturated carbocycles. The number of carboxylic acid groups (broad SMARTS) is 1. The molecule has 5 nitrogen and oxygen atoms in total. The molecule has 0 bridgehead atoms. The number of nitrogens with zero attached hydrogens (tertiary/aromatic N) is 1. The number of aliphatic carboxylic acids is 1. The fraction of sp³-hybridized carbons (Fsp3) is 0.727. The fourth-order valence-electron chi connectivity index (χ4n) is 4.31. The average Bonchev–Trinajstić information content (AvgIpc) is 3.12. The Morgan fingerprint density at radius 3 is 2.69 bits per heavy atom. The molecule has 1 heterocycles. The van der Waals surface area contributed by atoms with E-state index in [2.05, 4.69) is 6.58 Å². The van der Waals surface area contributed by atoms with Crippen LogP contribution in [0, 0.1) is 17.2 Å². The Bertz CT molecular complexity index is 648. The Kier molecular flexibility index (Phi) is 8.79. The van der Waals surface area contributed by atoms with Gasteiger partial charge >= 0.3 is 5.97 Å². The first kappa shape index (κ1) is 23.5. The van der Waals surface area contributed by atoms with Crippen molar-refractivity contribution in [1.82, 2.24) is 0 Å². The van der Waals surface area contributed by atoms with Crippen LogP contribution in [0.15, 0.2) is 23.8 Å². The second kappa shape index (κ2) is 10.8. The number of halogens is 2. The average molecular weight is 411 g/mol. The lowest BCUT2D eigenvalue weighted by molar-refractivity contribution is -0.168. The van der Waals surface area contributed by atoms with Gasteiger partial charge in [-0.05, 0) is 44.4 Å². The van der Waals surface area contributed by atoms with E-state index in [0.717, 1.165) is 0 Å². The van der Waals surface area contributed by atoms with Crippen LogP contribution in [-0.2, 0) is 14.3 Å². The van der Waals surface area contributed by atoms with Crippen molar-refractivity contribution >= 4 is 5.97 Å². The van der Waals surface area contributed by atoms with Gasteiger partial charge in [-0.25, -0.2) is 13.6 Å². The predicted molar refractivity (Wildman–Crippen MR) is 104 cm³/mol. The highest BCUT2D eigenvalue weighted by Gasteiger charge is 2.44. The van der Waals surface area contributed by atoms with Gasteiger partial charge in [0.25, 0.3) is 0 Å². The van der Waals surface area contributed by atoms with Crippen LogP contribution in [0.4, 0.5) is 8.78 Å². The first-order chi connectivity index (χ1) is 13.8. The molecule has 1 unspecified atom stereocenters. The monoisotopic (exact) mass is 411 g/mol. The molecule has 1 N–H and O–H groups in total. The summed E-state index contributed by atoms with van der Waals surface area (Å²) in [5.41, 5.74) is 0.782. The van der Waals surface area contributed by atoms with Crippen molar-refractivity contribution < 1.29 is 28.2 Å². The third kappa shape index (κ3) is 6.90. The number of alkyl halides is 2. The van der Waals surface area contributed by atoms with E-state index in [1.807, 2.05) is 6.07 Å². The van der Waals surface area contributed by atoms with Gasteiger partial charge in [0.15, 0.2) is 5.79 Å². The molecular formula is C22H31F2NO4. The van der Waals surface area contributed by atoms with E-state index in [0.29, 0.717) is 57.3 Å². The molecule has 7 heteroatoms. The molecule has 0 amide bonds. The molecule has 1 aliphatic heterocycles. The van der Waals surface area contributed by atoms with Gasteiger partial charge in [-0.1, -0.05) is 11.6 Å². The van der Waals surface area contributed by atoms with E-state index in [1.165, 1.54) is 0 Å². The number of unbranched alkanes of at least 4 members (excludes halogenated alkanes) is 3. The molecule has 0 aromatic heterocycles. The highest BCUT2D eigenvalue weighted by atomic mass is 19.3. The molecule has 1 atom stereocenters. The first-order valence-electron chi connectivity index (χ1n) is 10.4. The quantitative estimate of drug-likeness (QED) is 0.345. The van der Waals surface area contributed by atoms with Crippen molar-refractivity contribution in [3.05, 3.63) is 23.8 Å². The summed E-state index contributed by atoms with van der Waals surface area (Å²) in [5, 5.41) is 18.3. The molecule has 1 saturated heterocycles. The zero-order valence-electron chi connectivity index (χ0n) is 16.9. The lowest BCUT2D eigenvalue weighted by Gasteiger charge is -2.36. The minimum atomic E-state index is -2.89. The van der Waals surface area contributed by atoms with Gasteiger partial charge in [0.1, 0.15) is 0 Å². The predicted octanol–water partition coefficient (Wildman–Crippen LogP) is 5.38. The van der Waals surface area contributed by atoms with Crippen molar-refractivity contribution in [2.45, 2.75) is 82.3 Å². The molecule has 1 spiro atoms. The van der Waals surface area contributed by atoms with Crippen molar-refractivity contribution in [2.75, 3.05) is 13.2 Å². The number of hydrogen-bond donors (Lipinski definition) is 1. The summed E-state index contributed by atoms with van der Waals surface area (Å²) >= 11 is 0. The Hall–Kier alpha value is -1.78. The second-order valence-electron chi connectivity index (χ2n) is 7.94. The van der Waals surface area contributed by atoms with Gasteiger partial charge in [-0.3, -0.25) is 0 Å².